The molecule has 5 nitrogen and oxygen atoms in total. The predicted molar refractivity (Wildman–Crippen MR) is 112 cm³/mol. The smallest absolute Gasteiger partial charge is 0.292 e. The van der Waals surface area contributed by atoms with Crippen molar-refractivity contribution in [2.24, 2.45) is 0 Å². The number of nitrogens with zero attached hydrogens (tertiary/aromatic N) is 2. The van der Waals surface area contributed by atoms with Gasteiger partial charge in [-0.25, -0.2) is 13.6 Å². The van der Waals surface area contributed by atoms with E-state index in [1.807, 2.05) is 4.98 Å². The van der Waals surface area contributed by atoms with Crippen LogP contribution in [0, 0.1) is 11.6 Å². The van der Waals surface area contributed by atoms with Gasteiger partial charge in [-0.05, 0) is 25.2 Å². The van der Waals surface area contributed by atoms with Gasteiger partial charge in [0, 0.05) is 40.4 Å². The summed E-state index contributed by atoms with van der Waals surface area (Å²) in [4.78, 5) is 27.6. The average molecular weight is 525 g/mol. The molecule has 14 heteroatoms. The van der Waals surface area contributed by atoms with E-state index < -0.39 is 69.9 Å². The number of aromatic nitrogens is 2. The maximum Gasteiger partial charge on any atom is 0.417 e. The molecule has 0 saturated carbocycles. The molecule has 4 rings (SSSR count). The Morgan fingerprint density at radius 3 is 2.40 bits per heavy atom. The van der Waals surface area contributed by atoms with Crippen LogP contribution in [0.15, 0.2) is 38.8 Å². The third-order valence-electron chi connectivity index (χ3n) is 5.61. The van der Waals surface area contributed by atoms with Crippen molar-refractivity contribution in [2.45, 2.75) is 29.8 Å². The van der Waals surface area contributed by atoms with Crippen LogP contribution in [0.4, 0.5) is 35.1 Å². The summed E-state index contributed by atoms with van der Waals surface area (Å²) >= 11 is 0.665. The molecule has 0 amide bonds. The van der Waals surface area contributed by atoms with E-state index in [9.17, 15) is 44.7 Å². The summed E-state index contributed by atoms with van der Waals surface area (Å²) in [5.41, 5.74) is -5.21. The van der Waals surface area contributed by atoms with Gasteiger partial charge in [0.25, 0.3) is 5.56 Å². The van der Waals surface area contributed by atoms with Gasteiger partial charge >= 0.3 is 18.0 Å². The zero-order chi connectivity index (χ0) is 25.9. The van der Waals surface area contributed by atoms with Gasteiger partial charge in [0.2, 0.25) is 0 Å². The Morgan fingerprint density at radius 2 is 1.80 bits per heavy atom. The van der Waals surface area contributed by atoms with E-state index >= 15 is 0 Å². The standard InChI is InChI=1S/C21H15F8N3O2S/c1-31(8-20(24,25)26)10-6-32-16-12(18(33)30-19(32)34)5-13(21(27,28)29)15(17(16)35-7-10)11-3-2-9(22)4-14(11)23/h2-5,10H,6-8H2,1H3,(H,30,33,34)/t10-/m0/s1. The van der Waals surface area contributed by atoms with Crippen LogP contribution < -0.4 is 11.2 Å². The first-order chi connectivity index (χ1) is 16.2. The quantitative estimate of drug-likeness (QED) is 0.508. The third-order valence-corrected chi connectivity index (χ3v) is 6.84. The molecule has 1 atom stereocenters. The summed E-state index contributed by atoms with van der Waals surface area (Å²) in [5, 5.41) is -0.537. The molecule has 1 aromatic heterocycles. The van der Waals surface area contributed by atoms with Gasteiger partial charge < -0.3 is 0 Å². The van der Waals surface area contributed by atoms with Gasteiger partial charge in [-0.3, -0.25) is 19.2 Å². The molecule has 3 aromatic rings. The van der Waals surface area contributed by atoms with Crippen molar-refractivity contribution in [2.75, 3.05) is 19.3 Å². The zero-order valence-corrected chi connectivity index (χ0v) is 18.5. The Labute approximate surface area is 195 Å². The lowest BCUT2D eigenvalue weighted by Crippen LogP contribution is -2.44. The Bertz CT molecular complexity index is 1430. The number of halogens is 8. The van der Waals surface area contributed by atoms with Crippen molar-refractivity contribution in [1.29, 1.82) is 0 Å². The number of aromatic amines is 1. The van der Waals surface area contributed by atoms with E-state index in [0.29, 0.717) is 23.9 Å². The van der Waals surface area contributed by atoms with Crippen molar-refractivity contribution in [3.05, 3.63) is 62.3 Å². The number of rotatable bonds is 3. The maximum atomic E-state index is 14.7. The van der Waals surface area contributed by atoms with Crippen LogP contribution in [0.5, 0.6) is 0 Å². The molecule has 0 aliphatic carbocycles. The van der Waals surface area contributed by atoms with Crippen LogP contribution in [0.25, 0.3) is 22.0 Å². The monoisotopic (exact) mass is 525 g/mol. The van der Waals surface area contributed by atoms with Gasteiger partial charge in [-0.1, -0.05) is 0 Å². The summed E-state index contributed by atoms with van der Waals surface area (Å²) in [6.07, 6.45) is -9.68. The molecule has 188 valence electrons. The van der Waals surface area contributed by atoms with Gasteiger partial charge in [0.15, 0.2) is 0 Å². The molecule has 0 unspecified atom stereocenters. The normalized spacial score (nSPS) is 16.7. The highest BCUT2D eigenvalue weighted by molar-refractivity contribution is 7.99. The molecule has 35 heavy (non-hydrogen) atoms. The number of hydrogen-bond donors (Lipinski definition) is 1. The van der Waals surface area contributed by atoms with Crippen LogP contribution in [0.1, 0.15) is 5.56 Å². The molecule has 0 bridgehead atoms. The molecule has 0 spiro atoms. The van der Waals surface area contributed by atoms with E-state index in [-0.39, 0.29) is 22.7 Å². The van der Waals surface area contributed by atoms with Crippen LogP contribution >= 0.6 is 11.8 Å². The second-order valence-electron chi connectivity index (χ2n) is 8.01. The van der Waals surface area contributed by atoms with Gasteiger partial charge in [0.1, 0.15) is 11.6 Å². The van der Waals surface area contributed by atoms with Crippen LogP contribution in [0.3, 0.4) is 0 Å². The second-order valence-corrected chi connectivity index (χ2v) is 9.04. The summed E-state index contributed by atoms with van der Waals surface area (Å²) in [5.74, 6) is -2.57. The third kappa shape index (κ3) is 4.81. The molecule has 2 aromatic carbocycles. The highest BCUT2D eigenvalue weighted by Crippen LogP contribution is 2.47. The minimum Gasteiger partial charge on any atom is -0.292 e. The fourth-order valence-corrected chi connectivity index (χ4v) is 5.48. The van der Waals surface area contributed by atoms with E-state index in [2.05, 4.69) is 0 Å². The fraction of sp³-hybridized carbons (Fsp3) is 0.333. The second kappa shape index (κ2) is 8.66. The first kappa shape index (κ1) is 25.2. The average Bonchev–Trinajstić information content (AvgIpc) is 2.91. The molecular formula is C21H15F8N3O2S. The molecule has 1 aliphatic rings. The molecule has 1 N–H and O–H groups in total. The van der Waals surface area contributed by atoms with Crippen molar-refractivity contribution in [3.63, 3.8) is 0 Å². The number of thioether (sulfide) groups is 1. The predicted octanol–water partition coefficient (Wildman–Crippen LogP) is 4.62. The fourth-order valence-electron chi connectivity index (χ4n) is 4.04. The van der Waals surface area contributed by atoms with E-state index in [0.717, 1.165) is 28.6 Å². The molecule has 0 radical (unpaired) electrons. The maximum absolute atomic E-state index is 14.7. The Kier molecular flexibility index (Phi) is 6.24. The lowest BCUT2D eigenvalue weighted by atomic mass is 9.96. The van der Waals surface area contributed by atoms with Crippen LogP contribution in [-0.4, -0.2) is 46.0 Å². The van der Waals surface area contributed by atoms with Crippen molar-refractivity contribution in [1.82, 2.24) is 14.5 Å². The number of H-pyrrole nitrogens is 1. The summed E-state index contributed by atoms with van der Waals surface area (Å²) in [7, 11) is 1.14. The summed E-state index contributed by atoms with van der Waals surface area (Å²) < 4.78 is 110. The largest absolute Gasteiger partial charge is 0.417 e. The molecule has 1 aliphatic heterocycles. The van der Waals surface area contributed by atoms with Gasteiger partial charge in [-0.2, -0.15) is 26.3 Å². The first-order valence-electron chi connectivity index (χ1n) is 9.93. The molecule has 0 saturated heterocycles. The highest BCUT2D eigenvalue weighted by Gasteiger charge is 2.39. The van der Waals surface area contributed by atoms with Crippen LogP contribution in [-0.2, 0) is 12.7 Å². The number of alkyl halides is 6. The van der Waals surface area contributed by atoms with Gasteiger partial charge in [0.05, 0.1) is 23.0 Å². The van der Waals surface area contributed by atoms with E-state index in [4.69, 9.17) is 0 Å². The minimum atomic E-state index is -5.09. The Morgan fingerprint density at radius 1 is 1.11 bits per heavy atom. The van der Waals surface area contributed by atoms with E-state index in [1.54, 1.807) is 0 Å². The number of nitrogens with one attached hydrogen (secondary N) is 1. The highest BCUT2D eigenvalue weighted by atomic mass is 32.2. The van der Waals surface area contributed by atoms with Gasteiger partial charge in [-0.15, -0.1) is 11.8 Å². The number of likely N-dealkylation sites (N-methyl/N-ethyl adjacent to an activating group) is 1. The van der Waals surface area contributed by atoms with Crippen molar-refractivity contribution >= 4 is 22.7 Å². The Balaban J connectivity index is 2.06. The lowest BCUT2D eigenvalue weighted by molar-refractivity contribution is -0.147. The molecule has 2 heterocycles. The summed E-state index contributed by atoms with van der Waals surface area (Å²) in [6, 6.07) is 1.42. The zero-order valence-electron chi connectivity index (χ0n) is 17.7. The molecular weight excluding hydrogens is 510 g/mol. The van der Waals surface area contributed by atoms with Crippen LogP contribution in [0.2, 0.25) is 0 Å². The SMILES string of the molecule is CN(CC(F)(F)F)[C@@H]1CSc2c(-c3ccc(F)cc3F)c(C(F)(F)F)cc3c(=O)[nH]c(=O)n(c23)C1. The lowest BCUT2D eigenvalue weighted by Gasteiger charge is -2.27. The topological polar surface area (TPSA) is 58.1 Å². The molecule has 0 fully saturated rings. The van der Waals surface area contributed by atoms with E-state index in [1.165, 1.54) is 0 Å². The Hall–Kier alpha value is -2.87. The van der Waals surface area contributed by atoms with Crippen molar-refractivity contribution in [3.8, 4) is 11.1 Å². The first-order valence-corrected chi connectivity index (χ1v) is 10.9. The summed E-state index contributed by atoms with van der Waals surface area (Å²) in [6.45, 7) is -1.74. The number of hydrogen-bond acceptors (Lipinski definition) is 4. The number of benzene rings is 2. The van der Waals surface area contributed by atoms with Crippen molar-refractivity contribution < 1.29 is 35.1 Å². The minimum absolute atomic E-state index is 0.214.